The average molecular weight is 131 g/mol. The molecule has 2 rings (SSSR count). The molecule has 2 nitrogen and oxygen atoms in total. The number of hydrogen-bond acceptors (Lipinski definition) is 1. The lowest BCUT2D eigenvalue weighted by Crippen LogP contribution is -1.83. The van der Waals surface area contributed by atoms with Crippen LogP contribution in [0, 0.1) is 5.53 Å². The Morgan fingerprint density at radius 1 is 1.20 bits per heavy atom. The number of benzene rings is 1. The summed E-state index contributed by atoms with van der Waals surface area (Å²) < 4.78 is 1.37. The van der Waals surface area contributed by atoms with Gasteiger partial charge >= 0.3 is 0 Å². The van der Waals surface area contributed by atoms with E-state index < -0.39 is 0 Å². The second-order valence-electron chi connectivity index (χ2n) is 2.24. The molecule has 1 aliphatic heterocycles. The quantitative estimate of drug-likeness (QED) is 0.523. The van der Waals surface area contributed by atoms with Gasteiger partial charge in [-0.15, -0.1) is 0 Å². The van der Waals surface area contributed by atoms with Gasteiger partial charge in [0.25, 0.3) is 0 Å². The van der Waals surface area contributed by atoms with Crippen molar-refractivity contribution in [3.05, 3.63) is 36.0 Å². The maximum absolute atomic E-state index is 7.36. The third-order valence-electron chi connectivity index (χ3n) is 1.60. The van der Waals surface area contributed by atoms with Gasteiger partial charge in [-0.2, -0.15) is 0 Å². The SMILES string of the molecule is N=[N+]1C=Cc2ccccc21. The Labute approximate surface area is 58.9 Å². The lowest BCUT2D eigenvalue weighted by Gasteiger charge is -1.86. The predicted molar refractivity (Wildman–Crippen MR) is 38.1 cm³/mol. The monoisotopic (exact) mass is 131 g/mol. The Bertz CT molecular complexity index is 313. The zero-order valence-electron chi connectivity index (χ0n) is 5.41. The fourth-order valence-corrected chi connectivity index (χ4v) is 1.08. The fourth-order valence-electron chi connectivity index (χ4n) is 1.08. The molecule has 1 aromatic carbocycles. The molecule has 1 N–H and O–H groups in total. The van der Waals surface area contributed by atoms with Gasteiger partial charge < -0.3 is 0 Å². The van der Waals surface area contributed by atoms with Crippen LogP contribution >= 0.6 is 0 Å². The minimum absolute atomic E-state index is 0.961. The van der Waals surface area contributed by atoms with E-state index in [-0.39, 0.29) is 0 Å². The first-order valence-corrected chi connectivity index (χ1v) is 3.15. The number of nitrogens with zero attached hydrogens (tertiary/aromatic N) is 1. The molecule has 0 saturated carbocycles. The van der Waals surface area contributed by atoms with Gasteiger partial charge in [-0.3, -0.25) is 0 Å². The number of hydrogen-bond donors (Lipinski definition) is 1. The maximum atomic E-state index is 7.36. The number of rotatable bonds is 0. The summed E-state index contributed by atoms with van der Waals surface area (Å²) in [6.45, 7) is 0. The predicted octanol–water partition coefficient (Wildman–Crippen LogP) is 2.35. The molecule has 0 bridgehead atoms. The normalized spacial score (nSPS) is 13.8. The van der Waals surface area contributed by atoms with Crippen LogP contribution in [0.15, 0.2) is 30.5 Å². The number of para-hydroxylation sites is 1. The zero-order chi connectivity index (χ0) is 6.97. The molecule has 1 aliphatic rings. The van der Waals surface area contributed by atoms with E-state index in [1.54, 1.807) is 6.20 Å². The Morgan fingerprint density at radius 3 is 2.80 bits per heavy atom. The van der Waals surface area contributed by atoms with Crippen molar-refractivity contribution < 1.29 is 4.70 Å². The molecule has 0 amide bonds. The Hall–Kier alpha value is -1.44. The third-order valence-corrected chi connectivity index (χ3v) is 1.60. The smallest absolute Gasteiger partial charge is 0.0612 e. The van der Waals surface area contributed by atoms with Gasteiger partial charge in [0, 0.05) is 12.1 Å². The van der Waals surface area contributed by atoms with Crippen molar-refractivity contribution in [2.45, 2.75) is 0 Å². The summed E-state index contributed by atoms with van der Waals surface area (Å²) in [5.41, 5.74) is 9.44. The highest BCUT2D eigenvalue weighted by atomic mass is 15.2. The van der Waals surface area contributed by atoms with Crippen molar-refractivity contribution in [3.8, 4) is 0 Å². The summed E-state index contributed by atoms with van der Waals surface area (Å²) in [5, 5.41) is 0. The van der Waals surface area contributed by atoms with Crippen LogP contribution in [0.2, 0.25) is 0 Å². The molecule has 1 aromatic rings. The molecule has 2 heteroatoms. The standard InChI is InChI=1S/C8H7N2/c9-10-6-5-7-3-1-2-4-8(7)10/h1-6,9H/q+1. The van der Waals surface area contributed by atoms with E-state index in [1.165, 1.54) is 4.70 Å². The van der Waals surface area contributed by atoms with Crippen LogP contribution in [0.3, 0.4) is 0 Å². The molecule has 0 radical (unpaired) electrons. The van der Waals surface area contributed by atoms with Crippen LogP contribution in [0.5, 0.6) is 0 Å². The highest BCUT2D eigenvalue weighted by Gasteiger charge is 2.16. The van der Waals surface area contributed by atoms with E-state index in [4.69, 9.17) is 5.53 Å². The van der Waals surface area contributed by atoms with Crippen LogP contribution in [0.4, 0.5) is 5.69 Å². The molecule has 1 heterocycles. The highest BCUT2D eigenvalue weighted by Crippen LogP contribution is 2.24. The zero-order valence-corrected chi connectivity index (χ0v) is 5.41. The topological polar surface area (TPSA) is 26.9 Å². The van der Waals surface area contributed by atoms with Gasteiger partial charge in [0.2, 0.25) is 11.9 Å². The van der Waals surface area contributed by atoms with Crippen LogP contribution in [-0.2, 0) is 0 Å². The van der Waals surface area contributed by atoms with Crippen molar-refractivity contribution in [1.29, 1.82) is 5.53 Å². The molecule has 0 unspecified atom stereocenters. The summed E-state index contributed by atoms with van der Waals surface area (Å²) in [6, 6.07) is 7.85. The first-order chi connectivity index (χ1) is 4.88. The van der Waals surface area contributed by atoms with Gasteiger partial charge in [0.05, 0.1) is 5.56 Å². The lowest BCUT2D eigenvalue weighted by molar-refractivity contribution is -0.460. The van der Waals surface area contributed by atoms with Crippen LogP contribution in [0.25, 0.3) is 6.08 Å². The average Bonchev–Trinajstić information content (AvgIpc) is 2.34. The number of nitrogens with one attached hydrogen (secondary N) is 1. The van der Waals surface area contributed by atoms with Gasteiger partial charge in [-0.05, 0) is 11.6 Å². The van der Waals surface area contributed by atoms with E-state index in [1.807, 2.05) is 30.3 Å². The molecular formula is C8H7N2+. The van der Waals surface area contributed by atoms with Gasteiger partial charge in [-0.1, -0.05) is 16.8 Å². The first-order valence-electron chi connectivity index (χ1n) is 3.15. The van der Waals surface area contributed by atoms with Crippen molar-refractivity contribution in [2.24, 2.45) is 0 Å². The molecule has 0 fully saturated rings. The van der Waals surface area contributed by atoms with Gasteiger partial charge in [0.15, 0.2) is 0 Å². The van der Waals surface area contributed by atoms with E-state index in [2.05, 4.69) is 0 Å². The van der Waals surface area contributed by atoms with Crippen LogP contribution in [-0.4, -0.2) is 4.70 Å². The first kappa shape index (κ1) is 5.35. The minimum atomic E-state index is 0.961. The molecule has 0 spiro atoms. The summed E-state index contributed by atoms with van der Waals surface area (Å²) in [5.74, 6) is 0. The van der Waals surface area contributed by atoms with E-state index in [0.717, 1.165) is 11.3 Å². The molecule has 0 aliphatic carbocycles. The minimum Gasteiger partial charge on any atom is -0.0612 e. The molecule has 48 valence electrons. The summed E-state index contributed by atoms with van der Waals surface area (Å²) in [6.07, 6.45) is 3.67. The Balaban J connectivity index is 2.70. The number of fused-ring (bicyclic) bond motifs is 1. The van der Waals surface area contributed by atoms with Crippen molar-refractivity contribution in [3.63, 3.8) is 0 Å². The third kappa shape index (κ3) is 0.589. The van der Waals surface area contributed by atoms with E-state index >= 15 is 0 Å². The van der Waals surface area contributed by atoms with Gasteiger partial charge in [0.1, 0.15) is 0 Å². The highest BCUT2D eigenvalue weighted by molar-refractivity contribution is 5.63. The lowest BCUT2D eigenvalue weighted by atomic mass is 10.2. The van der Waals surface area contributed by atoms with Gasteiger partial charge in [-0.25, -0.2) is 0 Å². The summed E-state index contributed by atoms with van der Waals surface area (Å²) in [7, 11) is 0. The van der Waals surface area contributed by atoms with Crippen molar-refractivity contribution in [2.75, 3.05) is 0 Å². The van der Waals surface area contributed by atoms with E-state index in [9.17, 15) is 0 Å². The Morgan fingerprint density at radius 2 is 2.00 bits per heavy atom. The maximum Gasteiger partial charge on any atom is 0.244 e. The Kier molecular flexibility index (Phi) is 0.947. The molecule has 0 saturated heterocycles. The summed E-state index contributed by atoms with van der Waals surface area (Å²) >= 11 is 0. The molecule has 10 heavy (non-hydrogen) atoms. The van der Waals surface area contributed by atoms with E-state index in [0.29, 0.717) is 0 Å². The second-order valence-corrected chi connectivity index (χ2v) is 2.24. The van der Waals surface area contributed by atoms with Crippen LogP contribution < -0.4 is 0 Å². The second kappa shape index (κ2) is 1.77. The van der Waals surface area contributed by atoms with Crippen LogP contribution in [0.1, 0.15) is 5.56 Å². The molecule has 0 aromatic heterocycles. The molecular weight excluding hydrogens is 124 g/mol. The fraction of sp³-hybridized carbons (Fsp3) is 0. The summed E-state index contributed by atoms with van der Waals surface area (Å²) in [4.78, 5) is 0. The van der Waals surface area contributed by atoms with Crippen molar-refractivity contribution >= 4 is 11.8 Å². The van der Waals surface area contributed by atoms with Crippen molar-refractivity contribution in [1.82, 2.24) is 0 Å². The molecule has 0 atom stereocenters. The largest absolute Gasteiger partial charge is 0.244 e.